The van der Waals surface area contributed by atoms with Gasteiger partial charge >= 0.3 is 0 Å². The molecule has 1 fully saturated rings. The first kappa shape index (κ1) is 15.8. The number of aromatic amines is 1. The molecule has 0 saturated carbocycles. The van der Waals surface area contributed by atoms with E-state index in [2.05, 4.69) is 11.1 Å². The van der Waals surface area contributed by atoms with Crippen LogP contribution in [0.1, 0.15) is 43.2 Å². The molecule has 1 aromatic heterocycles. The summed E-state index contributed by atoms with van der Waals surface area (Å²) in [4.78, 5) is 29.0. The van der Waals surface area contributed by atoms with Gasteiger partial charge < -0.3 is 9.88 Å². The molecule has 4 nitrogen and oxygen atoms in total. The molecule has 4 heteroatoms. The number of carbonyl (C=O) groups is 1. The topological polar surface area (TPSA) is 53.2 Å². The molecule has 3 rings (SSSR count). The van der Waals surface area contributed by atoms with Crippen molar-refractivity contribution in [1.29, 1.82) is 0 Å². The van der Waals surface area contributed by atoms with Gasteiger partial charge in [-0.1, -0.05) is 25.0 Å². The van der Waals surface area contributed by atoms with Gasteiger partial charge in [-0.3, -0.25) is 9.59 Å². The number of nitrogens with zero attached hydrogens (tertiary/aromatic N) is 1. The maximum absolute atomic E-state index is 12.4. The SMILES string of the molecule is Cc1cc2ccc(CCC(=O)N3CCCCCC3)cc2[nH]c1=O. The van der Waals surface area contributed by atoms with Gasteiger partial charge in [-0.15, -0.1) is 0 Å². The van der Waals surface area contributed by atoms with Gasteiger partial charge in [0.25, 0.3) is 5.56 Å². The number of benzene rings is 1. The van der Waals surface area contributed by atoms with Crippen molar-refractivity contribution in [2.45, 2.75) is 45.4 Å². The van der Waals surface area contributed by atoms with Gasteiger partial charge in [-0.05, 0) is 49.3 Å². The summed E-state index contributed by atoms with van der Waals surface area (Å²) in [6.07, 6.45) is 6.00. The average Bonchev–Trinajstić information content (AvgIpc) is 2.83. The summed E-state index contributed by atoms with van der Waals surface area (Å²) in [6, 6.07) is 7.96. The second-order valence-corrected chi connectivity index (χ2v) is 6.50. The smallest absolute Gasteiger partial charge is 0.251 e. The molecule has 1 aliphatic rings. The van der Waals surface area contributed by atoms with E-state index in [0.717, 1.165) is 54.4 Å². The largest absolute Gasteiger partial charge is 0.343 e. The van der Waals surface area contributed by atoms with E-state index >= 15 is 0 Å². The van der Waals surface area contributed by atoms with Crippen LogP contribution < -0.4 is 5.56 Å². The monoisotopic (exact) mass is 312 g/mol. The van der Waals surface area contributed by atoms with Crippen molar-refractivity contribution in [2.75, 3.05) is 13.1 Å². The van der Waals surface area contributed by atoms with Crippen LogP contribution in [0.2, 0.25) is 0 Å². The Hall–Kier alpha value is -2.10. The van der Waals surface area contributed by atoms with Crippen molar-refractivity contribution in [3.8, 4) is 0 Å². The predicted molar refractivity (Wildman–Crippen MR) is 92.7 cm³/mol. The summed E-state index contributed by atoms with van der Waals surface area (Å²) in [5.41, 5.74) is 2.62. The molecule has 0 atom stereocenters. The Morgan fingerprint density at radius 1 is 1.13 bits per heavy atom. The summed E-state index contributed by atoms with van der Waals surface area (Å²) in [7, 11) is 0. The molecule has 1 aliphatic heterocycles. The summed E-state index contributed by atoms with van der Waals surface area (Å²) >= 11 is 0. The predicted octanol–water partition coefficient (Wildman–Crippen LogP) is 3.17. The van der Waals surface area contributed by atoms with Crippen molar-refractivity contribution >= 4 is 16.8 Å². The maximum Gasteiger partial charge on any atom is 0.251 e. The summed E-state index contributed by atoms with van der Waals surface area (Å²) in [6.45, 7) is 3.62. The third-order valence-corrected chi connectivity index (χ3v) is 4.68. The molecule has 1 N–H and O–H groups in total. The van der Waals surface area contributed by atoms with E-state index in [1.165, 1.54) is 12.8 Å². The number of nitrogens with one attached hydrogen (secondary N) is 1. The van der Waals surface area contributed by atoms with Gasteiger partial charge in [0.05, 0.1) is 0 Å². The number of hydrogen-bond donors (Lipinski definition) is 1. The van der Waals surface area contributed by atoms with Crippen LogP contribution in [0.5, 0.6) is 0 Å². The highest BCUT2D eigenvalue weighted by Crippen LogP contribution is 2.16. The van der Waals surface area contributed by atoms with E-state index in [1.807, 2.05) is 30.0 Å². The Labute approximate surface area is 136 Å². The lowest BCUT2D eigenvalue weighted by Crippen LogP contribution is -2.31. The fourth-order valence-corrected chi connectivity index (χ4v) is 3.24. The fourth-order valence-electron chi connectivity index (χ4n) is 3.24. The molecule has 0 spiro atoms. The lowest BCUT2D eigenvalue weighted by Gasteiger charge is -2.20. The molecular weight excluding hydrogens is 288 g/mol. The molecule has 1 saturated heterocycles. The van der Waals surface area contributed by atoms with E-state index < -0.39 is 0 Å². The fraction of sp³-hybridized carbons (Fsp3) is 0.474. The van der Waals surface area contributed by atoms with Crippen molar-refractivity contribution < 1.29 is 4.79 Å². The Kier molecular flexibility index (Phi) is 4.79. The van der Waals surface area contributed by atoms with Gasteiger partial charge in [-0.25, -0.2) is 0 Å². The second-order valence-electron chi connectivity index (χ2n) is 6.50. The first-order valence-electron chi connectivity index (χ1n) is 8.54. The van der Waals surface area contributed by atoms with Crippen LogP contribution in [-0.4, -0.2) is 28.9 Å². The summed E-state index contributed by atoms with van der Waals surface area (Å²) in [5, 5.41) is 1.03. The molecule has 122 valence electrons. The minimum atomic E-state index is -0.0460. The van der Waals surface area contributed by atoms with Gasteiger partial charge in [0, 0.05) is 30.6 Å². The Balaban J connectivity index is 1.68. The zero-order valence-corrected chi connectivity index (χ0v) is 13.7. The number of hydrogen-bond acceptors (Lipinski definition) is 2. The van der Waals surface area contributed by atoms with Crippen LogP contribution in [0.4, 0.5) is 0 Å². The summed E-state index contributed by atoms with van der Waals surface area (Å²) in [5.74, 6) is 0.254. The first-order valence-corrected chi connectivity index (χ1v) is 8.54. The number of aromatic nitrogens is 1. The number of aryl methyl sites for hydroxylation is 2. The third-order valence-electron chi connectivity index (χ3n) is 4.68. The number of rotatable bonds is 3. The Morgan fingerprint density at radius 2 is 1.87 bits per heavy atom. The summed E-state index contributed by atoms with van der Waals surface area (Å²) < 4.78 is 0. The van der Waals surface area contributed by atoms with Crippen LogP contribution >= 0.6 is 0 Å². The molecule has 2 heterocycles. The number of carbonyl (C=O) groups excluding carboxylic acids is 1. The Bertz CT molecular complexity index is 756. The third kappa shape index (κ3) is 3.81. The first-order chi connectivity index (χ1) is 11.1. The highest BCUT2D eigenvalue weighted by molar-refractivity contribution is 5.80. The van der Waals surface area contributed by atoms with E-state index in [4.69, 9.17) is 0 Å². The zero-order valence-electron chi connectivity index (χ0n) is 13.7. The molecule has 0 bridgehead atoms. The molecule has 1 amide bonds. The highest BCUT2D eigenvalue weighted by Gasteiger charge is 2.15. The van der Waals surface area contributed by atoms with Gasteiger partial charge in [-0.2, -0.15) is 0 Å². The standard InChI is InChI=1S/C19H24N2O2/c1-14-12-16-8-6-15(13-17(16)20-19(14)23)7-9-18(22)21-10-4-2-3-5-11-21/h6,8,12-13H,2-5,7,9-11H2,1H3,(H,20,23). The Morgan fingerprint density at radius 3 is 2.61 bits per heavy atom. The van der Waals surface area contributed by atoms with Crippen LogP contribution in [0.3, 0.4) is 0 Å². The van der Waals surface area contributed by atoms with E-state index in [-0.39, 0.29) is 11.5 Å². The average molecular weight is 312 g/mol. The lowest BCUT2D eigenvalue weighted by molar-refractivity contribution is -0.131. The van der Waals surface area contributed by atoms with Crippen LogP contribution in [0.15, 0.2) is 29.1 Å². The minimum Gasteiger partial charge on any atom is -0.343 e. The maximum atomic E-state index is 12.4. The van der Waals surface area contributed by atoms with Gasteiger partial charge in [0.1, 0.15) is 0 Å². The number of likely N-dealkylation sites (tertiary alicyclic amines) is 1. The number of fused-ring (bicyclic) bond motifs is 1. The molecule has 0 radical (unpaired) electrons. The quantitative estimate of drug-likeness (QED) is 0.946. The molecule has 1 aromatic carbocycles. The minimum absolute atomic E-state index is 0.0460. The number of pyridine rings is 1. The van der Waals surface area contributed by atoms with E-state index in [9.17, 15) is 9.59 Å². The molecule has 23 heavy (non-hydrogen) atoms. The normalized spacial score (nSPS) is 15.6. The zero-order chi connectivity index (χ0) is 16.2. The second kappa shape index (κ2) is 6.99. The van der Waals surface area contributed by atoms with Gasteiger partial charge in [0.2, 0.25) is 5.91 Å². The van der Waals surface area contributed by atoms with E-state index in [0.29, 0.717) is 6.42 Å². The molecule has 0 aliphatic carbocycles. The number of amides is 1. The van der Waals surface area contributed by atoms with Crippen molar-refractivity contribution in [3.63, 3.8) is 0 Å². The molecule has 2 aromatic rings. The van der Waals surface area contributed by atoms with Crippen LogP contribution in [-0.2, 0) is 11.2 Å². The van der Waals surface area contributed by atoms with Gasteiger partial charge in [0.15, 0.2) is 0 Å². The molecule has 0 unspecified atom stereocenters. The van der Waals surface area contributed by atoms with Crippen LogP contribution in [0, 0.1) is 6.92 Å². The molecular formula is C19H24N2O2. The van der Waals surface area contributed by atoms with Crippen molar-refractivity contribution in [3.05, 3.63) is 45.7 Å². The highest BCUT2D eigenvalue weighted by atomic mass is 16.2. The number of H-pyrrole nitrogens is 1. The lowest BCUT2D eigenvalue weighted by atomic mass is 10.1. The van der Waals surface area contributed by atoms with Crippen LogP contribution in [0.25, 0.3) is 10.9 Å². The van der Waals surface area contributed by atoms with Crippen molar-refractivity contribution in [2.24, 2.45) is 0 Å². The van der Waals surface area contributed by atoms with Crippen molar-refractivity contribution in [1.82, 2.24) is 9.88 Å². The van der Waals surface area contributed by atoms with E-state index in [1.54, 1.807) is 0 Å².